The average molecular weight is 323 g/mol. The Balaban J connectivity index is 1.55. The summed E-state index contributed by atoms with van der Waals surface area (Å²) in [6.07, 6.45) is 1.53. The van der Waals surface area contributed by atoms with E-state index < -0.39 is 0 Å². The second kappa shape index (κ2) is 7.08. The van der Waals surface area contributed by atoms with Crippen molar-refractivity contribution in [1.29, 1.82) is 0 Å². The summed E-state index contributed by atoms with van der Waals surface area (Å²) in [6.45, 7) is 9.68. The fourth-order valence-corrected chi connectivity index (χ4v) is 3.42. The van der Waals surface area contributed by atoms with Crippen LogP contribution >= 0.6 is 0 Å². The van der Waals surface area contributed by atoms with Crippen LogP contribution in [-0.2, 0) is 18.4 Å². The molecule has 1 N–H and O–H groups in total. The molecule has 128 valence electrons. The normalized spacial score (nSPS) is 16.7. The van der Waals surface area contributed by atoms with Crippen LogP contribution in [0.4, 0.5) is 0 Å². The Labute approximate surface area is 146 Å². The average Bonchev–Trinajstić information content (AvgIpc) is 2.59. The molecule has 0 saturated heterocycles. The van der Waals surface area contributed by atoms with Crippen molar-refractivity contribution in [2.24, 2.45) is 0 Å². The van der Waals surface area contributed by atoms with Crippen LogP contribution in [0.3, 0.4) is 0 Å². The van der Waals surface area contributed by atoms with E-state index in [2.05, 4.69) is 74.2 Å². The molecule has 0 amide bonds. The standard InChI is InChI=1S/C22H29NO/c1-22(2,3)20-10-8-18(9-11-20)21(24)13-15-23-14-12-17-6-4-5-7-19(17)16-23/h4-11,21,24H,12-16H2,1-3H3. The first-order valence-corrected chi connectivity index (χ1v) is 9.01. The van der Waals surface area contributed by atoms with Crippen LogP contribution in [-0.4, -0.2) is 23.1 Å². The first-order valence-electron chi connectivity index (χ1n) is 9.01. The molecule has 1 atom stereocenters. The van der Waals surface area contributed by atoms with Crippen molar-refractivity contribution < 1.29 is 5.11 Å². The summed E-state index contributed by atoms with van der Waals surface area (Å²) in [5.41, 5.74) is 5.41. The molecular weight excluding hydrogens is 294 g/mol. The molecule has 2 heteroatoms. The molecule has 0 spiro atoms. The summed E-state index contributed by atoms with van der Waals surface area (Å²) in [5.74, 6) is 0. The minimum absolute atomic E-state index is 0.157. The molecule has 2 aromatic rings. The van der Waals surface area contributed by atoms with E-state index in [0.29, 0.717) is 0 Å². The van der Waals surface area contributed by atoms with Crippen LogP contribution in [0.25, 0.3) is 0 Å². The van der Waals surface area contributed by atoms with Crippen molar-refractivity contribution in [3.05, 3.63) is 70.8 Å². The van der Waals surface area contributed by atoms with Gasteiger partial charge in [-0.2, -0.15) is 0 Å². The molecule has 24 heavy (non-hydrogen) atoms. The van der Waals surface area contributed by atoms with Gasteiger partial charge in [0.25, 0.3) is 0 Å². The highest BCUT2D eigenvalue weighted by Gasteiger charge is 2.18. The van der Waals surface area contributed by atoms with Gasteiger partial charge in [-0.1, -0.05) is 69.3 Å². The van der Waals surface area contributed by atoms with Crippen LogP contribution in [0.1, 0.15) is 55.5 Å². The van der Waals surface area contributed by atoms with Gasteiger partial charge in [0.05, 0.1) is 6.10 Å². The maximum Gasteiger partial charge on any atom is 0.0802 e. The van der Waals surface area contributed by atoms with Gasteiger partial charge in [0, 0.05) is 19.6 Å². The van der Waals surface area contributed by atoms with Gasteiger partial charge in [-0.3, -0.25) is 4.90 Å². The first-order chi connectivity index (χ1) is 11.4. The van der Waals surface area contributed by atoms with Gasteiger partial charge in [-0.25, -0.2) is 0 Å². The molecule has 0 saturated carbocycles. The molecule has 0 aliphatic carbocycles. The van der Waals surface area contributed by atoms with Crippen molar-refractivity contribution >= 4 is 0 Å². The van der Waals surface area contributed by atoms with Crippen molar-refractivity contribution in [3.63, 3.8) is 0 Å². The highest BCUT2D eigenvalue weighted by molar-refractivity contribution is 5.30. The molecule has 2 nitrogen and oxygen atoms in total. The minimum atomic E-state index is -0.379. The number of aliphatic hydroxyl groups is 1. The highest BCUT2D eigenvalue weighted by Crippen LogP contribution is 2.25. The summed E-state index contributed by atoms with van der Waals surface area (Å²) in [4.78, 5) is 2.45. The van der Waals surface area contributed by atoms with E-state index >= 15 is 0 Å². The van der Waals surface area contributed by atoms with Crippen LogP contribution in [0.15, 0.2) is 48.5 Å². The fourth-order valence-electron chi connectivity index (χ4n) is 3.42. The number of benzene rings is 2. The molecule has 0 aromatic heterocycles. The number of hydrogen-bond acceptors (Lipinski definition) is 2. The lowest BCUT2D eigenvalue weighted by Gasteiger charge is -2.29. The third-order valence-electron chi connectivity index (χ3n) is 5.09. The lowest BCUT2D eigenvalue weighted by atomic mass is 9.86. The lowest BCUT2D eigenvalue weighted by molar-refractivity contribution is 0.137. The third-order valence-corrected chi connectivity index (χ3v) is 5.09. The molecule has 1 unspecified atom stereocenters. The monoisotopic (exact) mass is 323 g/mol. The highest BCUT2D eigenvalue weighted by atomic mass is 16.3. The van der Waals surface area contributed by atoms with Gasteiger partial charge in [-0.05, 0) is 40.5 Å². The predicted molar refractivity (Wildman–Crippen MR) is 100 cm³/mol. The van der Waals surface area contributed by atoms with E-state index in [1.807, 2.05) is 0 Å². The molecule has 1 aliphatic rings. The second-order valence-corrected chi connectivity index (χ2v) is 7.97. The minimum Gasteiger partial charge on any atom is -0.388 e. The SMILES string of the molecule is CC(C)(C)c1ccc(C(O)CCN2CCc3ccccc3C2)cc1. The maximum absolute atomic E-state index is 10.5. The van der Waals surface area contributed by atoms with Crippen LogP contribution in [0, 0.1) is 0 Å². The van der Waals surface area contributed by atoms with E-state index in [0.717, 1.165) is 38.0 Å². The number of hydrogen-bond donors (Lipinski definition) is 1. The van der Waals surface area contributed by atoms with Gasteiger partial charge in [-0.15, -0.1) is 0 Å². The largest absolute Gasteiger partial charge is 0.388 e. The Bertz CT molecular complexity index is 669. The van der Waals surface area contributed by atoms with Crippen LogP contribution in [0.5, 0.6) is 0 Å². The van der Waals surface area contributed by atoms with Gasteiger partial charge in [0.2, 0.25) is 0 Å². The lowest BCUT2D eigenvalue weighted by Crippen LogP contribution is -2.32. The van der Waals surface area contributed by atoms with Crippen molar-refractivity contribution in [2.45, 2.75) is 51.7 Å². The fraction of sp³-hybridized carbons (Fsp3) is 0.455. The van der Waals surface area contributed by atoms with Crippen LogP contribution < -0.4 is 0 Å². The van der Waals surface area contributed by atoms with Crippen molar-refractivity contribution in [1.82, 2.24) is 4.90 Å². The topological polar surface area (TPSA) is 23.5 Å². The summed E-state index contributed by atoms with van der Waals surface area (Å²) in [5, 5.41) is 10.5. The smallest absolute Gasteiger partial charge is 0.0802 e. The van der Waals surface area contributed by atoms with Gasteiger partial charge in [0.1, 0.15) is 0 Å². The van der Waals surface area contributed by atoms with Crippen molar-refractivity contribution in [2.75, 3.05) is 13.1 Å². The van der Waals surface area contributed by atoms with Crippen molar-refractivity contribution in [3.8, 4) is 0 Å². The molecule has 3 rings (SSSR count). The molecule has 0 radical (unpaired) electrons. The molecule has 1 heterocycles. The molecule has 0 bridgehead atoms. The number of nitrogens with zero attached hydrogens (tertiary/aromatic N) is 1. The Hall–Kier alpha value is -1.64. The molecule has 2 aromatic carbocycles. The summed E-state index contributed by atoms with van der Waals surface area (Å²) < 4.78 is 0. The zero-order chi connectivity index (χ0) is 17.2. The van der Waals surface area contributed by atoms with E-state index in [-0.39, 0.29) is 11.5 Å². The van der Waals surface area contributed by atoms with E-state index in [4.69, 9.17) is 0 Å². The molecule has 0 fully saturated rings. The summed E-state index contributed by atoms with van der Waals surface area (Å²) in [7, 11) is 0. The molecule has 1 aliphatic heterocycles. The van der Waals surface area contributed by atoms with Crippen LogP contribution in [0.2, 0.25) is 0 Å². The summed E-state index contributed by atoms with van der Waals surface area (Å²) in [6, 6.07) is 17.2. The quantitative estimate of drug-likeness (QED) is 0.897. The van der Waals surface area contributed by atoms with E-state index in [9.17, 15) is 5.11 Å². The van der Waals surface area contributed by atoms with Gasteiger partial charge < -0.3 is 5.11 Å². The number of aliphatic hydroxyl groups excluding tert-OH is 1. The van der Waals surface area contributed by atoms with Gasteiger partial charge >= 0.3 is 0 Å². The Kier molecular flexibility index (Phi) is 5.07. The third kappa shape index (κ3) is 4.06. The predicted octanol–water partition coefficient (Wildman–Crippen LogP) is 4.47. The zero-order valence-electron chi connectivity index (χ0n) is 15.1. The number of fused-ring (bicyclic) bond motifs is 1. The van der Waals surface area contributed by atoms with Gasteiger partial charge in [0.15, 0.2) is 0 Å². The molecular formula is C22H29NO. The first kappa shape index (κ1) is 17.2. The summed E-state index contributed by atoms with van der Waals surface area (Å²) >= 11 is 0. The Morgan fingerprint density at radius 1 is 1.00 bits per heavy atom. The maximum atomic E-state index is 10.5. The number of rotatable bonds is 4. The van der Waals surface area contributed by atoms with E-state index in [1.54, 1.807) is 0 Å². The van der Waals surface area contributed by atoms with E-state index in [1.165, 1.54) is 16.7 Å². The second-order valence-electron chi connectivity index (χ2n) is 7.97. The Morgan fingerprint density at radius 2 is 1.67 bits per heavy atom. The Morgan fingerprint density at radius 3 is 2.33 bits per heavy atom. The zero-order valence-corrected chi connectivity index (χ0v) is 15.1.